The summed E-state index contributed by atoms with van der Waals surface area (Å²) in [6, 6.07) is 2.99. The molecule has 0 aliphatic rings. The van der Waals surface area contributed by atoms with Crippen molar-refractivity contribution < 1.29 is 28.6 Å². The summed E-state index contributed by atoms with van der Waals surface area (Å²) in [6.07, 6.45) is 2.14. The zero-order chi connectivity index (χ0) is 17.1. The van der Waals surface area contributed by atoms with Crippen LogP contribution >= 0.6 is 0 Å². The Labute approximate surface area is 125 Å². The molecular formula is C11H15N5O5S. The fraction of sp³-hybridized carbons (Fsp3) is 0.182. The largest absolute Gasteiger partial charge is 0.748 e. The molecule has 0 saturated carbocycles. The SMILES string of the molecule is CS(=O)(=O)[O-].Cn1cc(O)c2cc(N=NC(N)=[NH2+])c(O)cc21. The van der Waals surface area contributed by atoms with Crippen LogP contribution in [-0.4, -0.2) is 40.0 Å². The van der Waals surface area contributed by atoms with Gasteiger partial charge in [-0.1, -0.05) is 5.11 Å². The molecule has 0 aliphatic carbocycles. The average molecular weight is 329 g/mol. The minimum absolute atomic E-state index is 0.0660. The van der Waals surface area contributed by atoms with Crippen LogP contribution in [0.4, 0.5) is 5.69 Å². The molecule has 0 amide bonds. The minimum Gasteiger partial charge on any atom is -0.748 e. The smallest absolute Gasteiger partial charge is 0.403 e. The number of aromatic hydroxyl groups is 2. The van der Waals surface area contributed by atoms with E-state index in [1.807, 2.05) is 0 Å². The lowest BCUT2D eigenvalue weighted by atomic mass is 10.2. The molecule has 6 N–H and O–H groups in total. The average Bonchev–Trinajstić information content (AvgIpc) is 2.59. The molecule has 0 aliphatic heterocycles. The lowest BCUT2D eigenvalue weighted by Gasteiger charge is -1.99. The van der Waals surface area contributed by atoms with Crippen molar-refractivity contribution in [2.24, 2.45) is 23.0 Å². The highest BCUT2D eigenvalue weighted by Crippen LogP contribution is 2.36. The molecule has 0 radical (unpaired) electrons. The van der Waals surface area contributed by atoms with E-state index in [0.29, 0.717) is 17.2 Å². The maximum absolute atomic E-state index is 9.72. The number of phenolic OH excluding ortho intramolecular Hbond substituents is 1. The lowest BCUT2D eigenvalue weighted by molar-refractivity contribution is -0.117. The van der Waals surface area contributed by atoms with Crippen molar-refractivity contribution >= 4 is 32.7 Å². The van der Waals surface area contributed by atoms with Crippen molar-refractivity contribution in [1.82, 2.24) is 4.57 Å². The Morgan fingerprint density at radius 1 is 1.36 bits per heavy atom. The third kappa shape index (κ3) is 5.03. The van der Waals surface area contributed by atoms with Crippen molar-refractivity contribution in [3.8, 4) is 11.5 Å². The first-order valence-corrected chi connectivity index (χ1v) is 7.52. The quantitative estimate of drug-likeness (QED) is 0.223. The fourth-order valence-corrected chi connectivity index (χ4v) is 1.58. The van der Waals surface area contributed by atoms with E-state index < -0.39 is 10.1 Å². The highest BCUT2D eigenvalue weighted by Gasteiger charge is 2.11. The van der Waals surface area contributed by atoms with E-state index in [1.165, 1.54) is 18.3 Å². The van der Waals surface area contributed by atoms with Crippen molar-refractivity contribution in [2.45, 2.75) is 0 Å². The molecule has 120 valence electrons. The molecule has 2 rings (SSSR count). The second-order valence-corrected chi connectivity index (χ2v) is 5.72. The van der Waals surface area contributed by atoms with Gasteiger partial charge in [-0.05, 0) is 6.07 Å². The Bertz CT molecular complexity index is 832. The number of hydrogen-bond acceptors (Lipinski definition) is 6. The number of nitrogens with two attached hydrogens (primary N) is 2. The molecule has 10 nitrogen and oxygen atoms in total. The number of hydrogen-bond donors (Lipinski definition) is 4. The summed E-state index contributed by atoms with van der Waals surface area (Å²) in [5.41, 5.74) is 6.01. The molecule has 0 bridgehead atoms. The van der Waals surface area contributed by atoms with E-state index in [1.54, 1.807) is 11.6 Å². The highest BCUT2D eigenvalue weighted by atomic mass is 32.2. The predicted octanol–water partition coefficient (Wildman–Crippen LogP) is -1.09. The summed E-state index contributed by atoms with van der Waals surface area (Å²) in [7, 11) is -2.16. The first-order valence-electron chi connectivity index (χ1n) is 5.70. The van der Waals surface area contributed by atoms with Gasteiger partial charge in [-0.15, -0.1) is 0 Å². The third-order valence-electron chi connectivity index (χ3n) is 2.34. The number of fused-ring (bicyclic) bond motifs is 1. The second kappa shape index (κ2) is 6.41. The van der Waals surface area contributed by atoms with E-state index >= 15 is 0 Å². The van der Waals surface area contributed by atoms with Crippen LogP contribution in [0.5, 0.6) is 11.5 Å². The number of aromatic nitrogens is 1. The van der Waals surface area contributed by atoms with Gasteiger partial charge in [-0.25, -0.2) is 8.42 Å². The van der Waals surface area contributed by atoms with Crippen LogP contribution in [0, 0.1) is 0 Å². The second-order valence-electron chi connectivity index (χ2n) is 4.31. The Hall–Kier alpha value is -2.66. The molecule has 0 unspecified atom stereocenters. The number of nitrogens with zero attached hydrogens (tertiary/aromatic N) is 3. The van der Waals surface area contributed by atoms with Gasteiger partial charge in [0.2, 0.25) is 0 Å². The monoisotopic (exact) mass is 329 g/mol. The van der Waals surface area contributed by atoms with Gasteiger partial charge in [-0.3, -0.25) is 11.1 Å². The zero-order valence-electron chi connectivity index (χ0n) is 11.8. The molecule has 0 atom stereocenters. The summed E-state index contributed by atoms with van der Waals surface area (Å²) in [5.74, 6) is -0.172. The minimum atomic E-state index is -3.92. The number of phenols is 1. The maximum Gasteiger partial charge on any atom is 0.403 e. The Balaban J connectivity index is 0.000000422. The van der Waals surface area contributed by atoms with Crippen molar-refractivity contribution in [1.29, 1.82) is 0 Å². The summed E-state index contributed by atoms with van der Waals surface area (Å²) in [5, 5.41) is 32.2. The van der Waals surface area contributed by atoms with E-state index in [4.69, 9.17) is 24.1 Å². The van der Waals surface area contributed by atoms with Gasteiger partial charge in [-0.2, -0.15) is 0 Å². The molecule has 22 heavy (non-hydrogen) atoms. The zero-order valence-corrected chi connectivity index (χ0v) is 12.6. The first-order chi connectivity index (χ1) is 9.99. The molecule has 1 aromatic heterocycles. The number of rotatable bonds is 1. The molecule has 2 aromatic rings. The topological polar surface area (TPSA) is 179 Å². The summed E-state index contributed by atoms with van der Waals surface area (Å²) in [6.45, 7) is 0. The van der Waals surface area contributed by atoms with E-state index in [-0.39, 0.29) is 23.1 Å². The highest BCUT2D eigenvalue weighted by molar-refractivity contribution is 7.84. The molecule has 11 heteroatoms. The van der Waals surface area contributed by atoms with Crippen LogP contribution in [0.15, 0.2) is 28.6 Å². The molecule has 0 fully saturated rings. The molecule has 0 spiro atoms. The maximum atomic E-state index is 9.72. The van der Waals surface area contributed by atoms with Gasteiger partial charge >= 0.3 is 5.96 Å². The fourth-order valence-electron chi connectivity index (χ4n) is 1.58. The van der Waals surface area contributed by atoms with E-state index in [2.05, 4.69) is 10.2 Å². The lowest BCUT2D eigenvalue weighted by Crippen LogP contribution is -2.43. The van der Waals surface area contributed by atoms with Gasteiger partial charge < -0.3 is 19.3 Å². The number of azo groups is 1. The van der Waals surface area contributed by atoms with Crippen LogP contribution in [0.2, 0.25) is 0 Å². The van der Waals surface area contributed by atoms with Crippen molar-refractivity contribution in [3.63, 3.8) is 0 Å². The molecular weight excluding hydrogens is 314 g/mol. The van der Waals surface area contributed by atoms with Crippen LogP contribution in [-0.2, 0) is 17.2 Å². The standard InChI is InChI=1S/C10H11N5O2.CH4O3S/c1-15-4-9(17)5-2-6(13-14-10(11)12)8(16)3-7(5)15;1-5(2,3)4/h2-4,16-17H,1H3,(H3,11,12);1H3,(H,2,3,4). The third-order valence-corrected chi connectivity index (χ3v) is 2.34. The Kier molecular flexibility index (Phi) is 5.06. The van der Waals surface area contributed by atoms with Crippen LogP contribution in [0.25, 0.3) is 10.9 Å². The number of benzene rings is 1. The van der Waals surface area contributed by atoms with Gasteiger partial charge in [0.15, 0.2) is 0 Å². The number of guanidine groups is 1. The van der Waals surface area contributed by atoms with Crippen LogP contribution in [0.1, 0.15) is 0 Å². The van der Waals surface area contributed by atoms with Gasteiger partial charge in [0.25, 0.3) is 0 Å². The van der Waals surface area contributed by atoms with Gasteiger partial charge in [0.1, 0.15) is 17.2 Å². The Morgan fingerprint density at radius 3 is 2.41 bits per heavy atom. The van der Waals surface area contributed by atoms with Crippen molar-refractivity contribution in [2.75, 3.05) is 6.26 Å². The normalized spacial score (nSPS) is 11.4. The number of aryl methyl sites for hydroxylation is 1. The van der Waals surface area contributed by atoms with Crippen LogP contribution in [0.3, 0.4) is 0 Å². The first kappa shape index (κ1) is 17.4. The molecule has 1 heterocycles. The summed E-state index contributed by atoms with van der Waals surface area (Å²) < 4.78 is 28.9. The van der Waals surface area contributed by atoms with E-state index in [0.717, 1.165) is 0 Å². The molecule has 0 saturated heterocycles. The predicted molar refractivity (Wildman–Crippen MR) is 77.5 cm³/mol. The summed E-state index contributed by atoms with van der Waals surface area (Å²) in [4.78, 5) is 0. The van der Waals surface area contributed by atoms with Crippen molar-refractivity contribution in [3.05, 3.63) is 18.3 Å². The van der Waals surface area contributed by atoms with E-state index in [9.17, 15) is 10.2 Å². The van der Waals surface area contributed by atoms with Gasteiger partial charge in [0.05, 0.1) is 15.6 Å². The molecule has 1 aromatic carbocycles. The van der Waals surface area contributed by atoms with Crippen LogP contribution < -0.4 is 11.1 Å². The van der Waals surface area contributed by atoms with Gasteiger partial charge in [0, 0.05) is 36.1 Å². The Morgan fingerprint density at radius 2 is 1.91 bits per heavy atom. The summed E-state index contributed by atoms with van der Waals surface area (Å²) >= 11 is 0.